The third-order valence-electron chi connectivity index (χ3n) is 3.51. The van der Waals surface area contributed by atoms with Crippen LogP contribution in [0.3, 0.4) is 0 Å². The second kappa shape index (κ2) is 6.47. The number of anilines is 1. The van der Waals surface area contributed by atoms with Crippen LogP contribution in [0.4, 0.5) is 5.95 Å². The minimum atomic E-state index is -3.65. The summed E-state index contributed by atoms with van der Waals surface area (Å²) in [6.07, 6.45) is 6.33. The van der Waals surface area contributed by atoms with Crippen molar-refractivity contribution < 1.29 is 13.5 Å². The summed E-state index contributed by atoms with van der Waals surface area (Å²) >= 11 is 0. The Balaban J connectivity index is 2.28. The predicted molar refractivity (Wildman–Crippen MR) is 74.8 cm³/mol. The molecule has 112 valence electrons. The molecule has 7 nitrogen and oxygen atoms in total. The molecule has 0 radical (unpaired) electrons. The van der Waals surface area contributed by atoms with Gasteiger partial charge in [-0.2, -0.15) is 4.31 Å². The van der Waals surface area contributed by atoms with Gasteiger partial charge in [-0.3, -0.25) is 0 Å². The lowest BCUT2D eigenvalue weighted by Crippen LogP contribution is -2.40. The Kier molecular flexibility index (Phi) is 4.90. The Bertz CT molecular complexity index is 526. The summed E-state index contributed by atoms with van der Waals surface area (Å²) in [6.45, 7) is -0.0774. The highest BCUT2D eigenvalue weighted by molar-refractivity contribution is 7.89. The molecule has 2 rings (SSSR count). The van der Waals surface area contributed by atoms with Crippen LogP contribution in [-0.4, -0.2) is 54.0 Å². The zero-order chi connectivity index (χ0) is 14.6. The average Bonchev–Trinajstić information content (AvgIpc) is 2.98. The van der Waals surface area contributed by atoms with E-state index in [4.69, 9.17) is 5.11 Å². The van der Waals surface area contributed by atoms with Crippen LogP contribution in [-0.2, 0) is 10.0 Å². The summed E-state index contributed by atoms with van der Waals surface area (Å²) in [5.41, 5.74) is 0. The van der Waals surface area contributed by atoms with E-state index in [2.05, 4.69) is 15.3 Å². The fraction of sp³-hybridized carbons (Fsp3) is 0.667. The first kappa shape index (κ1) is 15.1. The summed E-state index contributed by atoms with van der Waals surface area (Å²) in [6, 6.07) is -0.0314. The number of sulfonamides is 1. The van der Waals surface area contributed by atoms with Crippen LogP contribution in [0, 0.1) is 0 Å². The molecule has 1 aliphatic carbocycles. The molecule has 1 heterocycles. The maximum atomic E-state index is 12.6. The topological polar surface area (TPSA) is 95.4 Å². The number of hydrogen-bond donors (Lipinski definition) is 2. The van der Waals surface area contributed by atoms with Crippen LogP contribution in [0.5, 0.6) is 0 Å². The second-order valence-corrected chi connectivity index (χ2v) is 6.66. The second-order valence-electron chi connectivity index (χ2n) is 4.77. The minimum absolute atomic E-state index is 0.0314. The van der Waals surface area contributed by atoms with Crippen molar-refractivity contribution in [1.82, 2.24) is 14.3 Å². The van der Waals surface area contributed by atoms with E-state index >= 15 is 0 Å². The van der Waals surface area contributed by atoms with Gasteiger partial charge in [-0.15, -0.1) is 0 Å². The van der Waals surface area contributed by atoms with E-state index in [9.17, 15) is 8.42 Å². The highest BCUT2D eigenvalue weighted by Gasteiger charge is 2.33. The average molecular weight is 300 g/mol. The van der Waals surface area contributed by atoms with Crippen molar-refractivity contribution in [2.75, 3.05) is 25.5 Å². The zero-order valence-electron chi connectivity index (χ0n) is 11.5. The largest absolute Gasteiger partial charge is 0.395 e. The Hall–Kier alpha value is -1.25. The van der Waals surface area contributed by atoms with Crippen molar-refractivity contribution in [3.8, 4) is 0 Å². The molecule has 0 aromatic carbocycles. The zero-order valence-corrected chi connectivity index (χ0v) is 12.3. The number of nitrogens with one attached hydrogen (secondary N) is 1. The van der Waals surface area contributed by atoms with E-state index in [0.29, 0.717) is 5.95 Å². The van der Waals surface area contributed by atoms with E-state index in [0.717, 1.165) is 25.7 Å². The smallest absolute Gasteiger partial charge is 0.246 e. The number of hydrogen-bond acceptors (Lipinski definition) is 6. The monoisotopic (exact) mass is 300 g/mol. The van der Waals surface area contributed by atoms with Gasteiger partial charge in [0.2, 0.25) is 16.0 Å². The van der Waals surface area contributed by atoms with Gasteiger partial charge in [-0.25, -0.2) is 18.4 Å². The first-order valence-electron chi connectivity index (χ1n) is 6.72. The molecule has 0 aliphatic heterocycles. The summed E-state index contributed by atoms with van der Waals surface area (Å²) < 4.78 is 26.6. The van der Waals surface area contributed by atoms with Crippen LogP contribution in [0.1, 0.15) is 25.7 Å². The molecule has 1 fully saturated rings. The van der Waals surface area contributed by atoms with Gasteiger partial charge in [0, 0.05) is 19.6 Å². The highest BCUT2D eigenvalue weighted by atomic mass is 32.2. The van der Waals surface area contributed by atoms with E-state index in [-0.39, 0.29) is 24.1 Å². The van der Waals surface area contributed by atoms with Crippen LogP contribution >= 0.6 is 0 Å². The van der Waals surface area contributed by atoms with Gasteiger partial charge in [0.05, 0.1) is 19.0 Å². The summed E-state index contributed by atoms with van der Waals surface area (Å²) in [5, 5.41) is 11.9. The van der Waals surface area contributed by atoms with Gasteiger partial charge >= 0.3 is 0 Å². The Morgan fingerprint density at radius 1 is 1.35 bits per heavy atom. The highest BCUT2D eigenvalue weighted by Crippen LogP contribution is 2.28. The summed E-state index contributed by atoms with van der Waals surface area (Å²) in [5.74, 6) is 0.374. The molecule has 1 saturated carbocycles. The Morgan fingerprint density at radius 3 is 2.45 bits per heavy atom. The van der Waals surface area contributed by atoms with Gasteiger partial charge < -0.3 is 10.4 Å². The molecule has 0 spiro atoms. The van der Waals surface area contributed by atoms with Crippen LogP contribution in [0.2, 0.25) is 0 Å². The van der Waals surface area contributed by atoms with Crippen molar-refractivity contribution >= 4 is 16.0 Å². The number of aliphatic hydroxyl groups is 1. The van der Waals surface area contributed by atoms with Crippen molar-refractivity contribution in [3.63, 3.8) is 0 Å². The molecule has 0 unspecified atom stereocenters. The van der Waals surface area contributed by atoms with Gasteiger partial charge in [-0.1, -0.05) is 12.8 Å². The quantitative estimate of drug-likeness (QED) is 0.791. The molecular weight excluding hydrogens is 280 g/mol. The number of aliphatic hydroxyl groups excluding tert-OH is 1. The number of aromatic nitrogens is 2. The first-order valence-corrected chi connectivity index (χ1v) is 8.16. The lowest BCUT2D eigenvalue weighted by molar-refractivity contribution is 0.226. The Morgan fingerprint density at radius 2 is 1.95 bits per heavy atom. The van der Waals surface area contributed by atoms with Crippen LogP contribution in [0.15, 0.2) is 17.3 Å². The van der Waals surface area contributed by atoms with Crippen LogP contribution in [0.25, 0.3) is 0 Å². The lowest BCUT2D eigenvalue weighted by atomic mass is 10.2. The molecule has 2 N–H and O–H groups in total. The van der Waals surface area contributed by atoms with E-state index in [1.807, 2.05) is 0 Å². The summed E-state index contributed by atoms with van der Waals surface area (Å²) in [4.78, 5) is 7.95. The molecule has 0 atom stereocenters. The summed E-state index contributed by atoms with van der Waals surface area (Å²) in [7, 11) is -1.98. The molecule has 1 aromatic heterocycles. The molecule has 0 saturated heterocycles. The minimum Gasteiger partial charge on any atom is -0.395 e. The SMILES string of the molecule is CNc1ncc(S(=O)(=O)N(CCO)C2CCCC2)cn1. The molecule has 8 heteroatoms. The third kappa shape index (κ3) is 3.08. The first-order chi connectivity index (χ1) is 9.59. The number of rotatable bonds is 6. The standard InChI is InChI=1S/C12H20N4O3S/c1-13-12-14-8-11(9-15-12)20(18,19)16(6-7-17)10-4-2-3-5-10/h8-10,17H,2-7H2,1H3,(H,13,14,15). The molecule has 0 bridgehead atoms. The van der Waals surface area contributed by atoms with Gasteiger partial charge in [0.25, 0.3) is 0 Å². The number of nitrogens with zero attached hydrogens (tertiary/aromatic N) is 3. The van der Waals surface area contributed by atoms with Gasteiger partial charge in [-0.05, 0) is 12.8 Å². The molecule has 1 aliphatic rings. The maximum Gasteiger partial charge on any atom is 0.246 e. The van der Waals surface area contributed by atoms with E-state index in [1.54, 1.807) is 7.05 Å². The normalized spacial score (nSPS) is 16.8. The molecular formula is C12H20N4O3S. The molecule has 1 aromatic rings. The van der Waals surface area contributed by atoms with Gasteiger partial charge in [0.1, 0.15) is 4.90 Å². The van der Waals surface area contributed by atoms with Gasteiger partial charge in [0.15, 0.2) is 0 Å². The predicted octanol–water partition coefficient (Wildman–Crippen LogP) is 0.444. The third-order valence-corrected chi connectivity index (χ3v) is 5.42. The fourth-order valence-electron chi connectivity index (χ4n) is 2.50. The van der Waals surface area contributed by atoms with Crippen molar-refractivity contribution in [3.05, 3.63) is 12.4 Å². The maximum absolute atomic E-state index is 12.6. The van der Waals surface area contributed by atoms with Crippen molar-refractivity contribution in [1.29, 1.82) is 0 Å². The van der Waals surface area contributed by atoms with Crippen molar-refractivity contribution in [2.45, 2.75) is 36.6 Å². The van der Waals surface area contributed by atoms with Crippen molar-refractivity contribution in [2.24, 2.45) is 0 Å². The van der Waals surface area contributed by atoms with E-state index < -0.39 is 10.0 Å². The lowest BCUT2D eigenvalue weighted by Gasteiger charge is -2.27. The molecule has 20 heavy (non-hydrogen) atoms. The Labute approximate surface area is 119 Å². The molecule has 0 amide bonds. The van der Waals surface area contributed by atoms with E-state index in [1.165, 1.54) is 16.7 Å². The van der Waals surface area contributed by atoms with Crippen LogP contribution < -0.4 is 5.32 Å². The fourth-order valence-corrected chi connectivity index (χ4v) is 4.07.